The lowest BCUT2D eigenvalue weighted by Gasteiger charge is -2.14. The predicted octanol–water partition coefficient (Wildman–Crippen LogP) is 3.53. The van der Waals surface area contributed by atoms with Crippen LogP contribution in [0.25, 0.3) is 0 Å². The highest BCUT2D eigenvalue weighted by Crippen LogP contribution is 2.33. The van der Waals surface area contributed by atoms with Gasteiger partial charge in [0.05, 0.1) is 21.8 Å². The molecule has 5 nitrogen and oxygen atoms in total. The van der Waals surface area contributed by atoms with Gasteiger partial charge in [-0.05, 0) is 19.1 Å². The van der Waals surface area contributed by atoms with Gasteiger partial charge in [0, 0.05) is 23.9 Å². The molecule has 1 aliphatic rings. The Morgan fingerprint density at radius 1 is 1.48 bits per heavy atom. The minimum Gasteiger partial charge on any atom is -0.325 e. The number of nitrogens with one attached hydrogen (secondary N) is 1. The molecule has 23 heavy (non-hydrogen) atoms. The summed E-state index contributed by atoms with van der Waals surface area (Å²) in [4.78, 5) is 28.7. The molecule has 120 valence electrons. The zero-order chi connectivity index (χ0) is 16.6. The van der Waals surface area contributed by atoms with Crippen LogP contribution in [0.4, 0.5) is 5.69 Å². The van der Waals surface area contributed by atoms with Gasteiger partial charge < -0.3 is 5.32 Å². The molecule has 0 spiro atoms. The molecule has 1 aromatic heterocycles. The third kappa shape index (κ3) is 3.39. The Morgan fingerprint density at radius 3 is 3.04 bits per heavy atom. The van der Waals surface area contributed by atoms with Gasteiger partial charge in [-0.1, -0.05) is 41.0 Å². The zero-order valence-corrected chi connectivity index (χ0v) is 14.5. The summed E-state index contributed by atoms with van der Waals surface area (Å²) >= 11 is 13.5. The van der Waals surface area contributed by atoms with Crippen molar-refractivity contribution in [3.8, 4) is 0 Å². The van der Waals surface area contributed by atoms with Crippen LogP contribution in [-0.4, -0.2) is 21.2 Å². The van der Waals surface area contributed by atoms with Gasteiger partial charge in [0.1, 0.15) is 0 Å². The van der Waals surface area contributed by atoms with E-state index in [1.165, 1.54) is 17.8 Å². The number of aromatic nitrogens is 2. The molecule has 2 aromatic rings. The monoisotopic (exact) mass is 369 g/mol. The second-order valence-corrected chi connectivity index (χ2v) is 6.98. The normalized spacial score (nSPS) is 16.2. The second-order valence-electron chi connectivity index (χ2n) is 5.21. The third-order valence-electron chi connectivity index (χ3n) is 3.46. The summed E-state index contributed by atoms with van der Waals surface area (Å²) in [5.41, 5.74) is 1.02. The van der Waals surface area contributed by atoms with Gasteiger partial charge in [0.25, 0.3) is 5.56 Å². The van der Waals surface area contributed by atoms with Crippen molar-refractivity contribution >= 4 is 46.6 Å². The molecule has 1 atom stereocenters. The van der Waals surface area contributed by atoms with Crippen molar-refractivity contribution in [1.82, 2.24) is 9.55 Å². The van der Waals surface area contributed by atoms with Crippen LogP contribution in [0.5, 0.6) is 0 Å². The number of benzene rings is 1. The van der Waals surface area contributed by atoms with Crippen LogP contribution >= 0.6 is 35.0 Å². The Hall–Kier alpha value is -1.50. The highest BCUT2D eigenvalue weighted by atomic mass is 35.5. The quantitative estimate of drug-likeness (QED) is 0.840. The lowest BCUT2D eigenvalue weighted by molar-refractivity contribution is -0.116. The lowest BCUT2D eigenvalue weighted by atomic mass is 10.2. The maximum absolute atomic E-state index is 12.3. The van der Waals surface area contributed by atoms with E-state index in [0.29, 0.717) is 32.3 Å². The Bertz CT molecular complexity index is 838. The van der Waals surface area contributed by atoms with Gasteiger partial charge in [-0.2, -0.15) is 0 Å². The maximum atomic E-state index is 12.3. The van der Waals surface area contributed by atoms with Crippen molar-refractivity contribution in [2.45, 2.75) is 24.5 Å². The van der Waals surface area contributed by atoms with E-state index in [2.05, 4.69) is 10.3 Å². The molecular weight excluding hydrogens is 357 g/mol. The van der Waals surface area contributed by atoms with Crippen LogP contribution in [0.3, 0.4) is 0 Å². The molecule has 8 heteroatoms. The summed E-state index contributed by atoms with van der Waals surface area (Å²) in [6, 6.07) is 6.31. The first-order valence-electron chi connectivity index (χ1n) is 6.92. The molecule has 2 heterocycles. The summed E-state index contributed by atoms with van der Waals surface area (Å²) in [6.45, 7) is 1.78. The fourth-order valence-electron chi connectivity index (χ4n) is 2.43. The summed E-state index contributed by atoms with van der Waals surface area (Å²) in [7, 11) is 0. The number of aryl methyl sites for hydroxylation is 1. The number of amides is 1. The van der Waals surface area contributed by atoms with Crippen LogP contribution in [0.2, 0.25) is 10.0 Å². The van der Waals surface area contributed by atoms with Gasteiger partial charge in [-0.15, -0.1) is 0 Å². The van der Waals surface area contributed by atoms with Crippen LogP contribution in [0.15, 0.2) is 34.2 Å². The first kappa shape index (κ1) is 16.4. The number of nitrogens with zero attached hydrogens (tertiary/aromatic N) is 2. The average Bonchev–Trinajstić information content (AvgIpc) is 2.86. The number of hydrogen-bond acceptors (Lipinski definition) is 4. The Labute approximate surface area is 147 Å². The standard InChI is InChI=1S/C15H13Cl2N3O2S/c1-8-5-13(22)20-9(7-23-15(20)18-8)6-12(21)19-11-4-2-3-10(16)14(11)17/h2-5,9H,6-7H2,1H3,(H,19,21). The molecule has 0 fully saturated rings. The number of fused-ring (bicyclic) bond motifs is 1. The number of halogens is 2. The molecule has 1 unspecified atom stereocenters. The number of anilines is 1. The van der Waals surface area contributed by atoms with E-state index in [9.17, 15) is 9.59 Å². The van der Waals surface area contributed by atoms with Crippen molar-refractivity contribution in [2.24, 2.45) is 0 Å². The van der Waals surface area contributed by atoms with E-state index in [1.54, 1.807) is 29.7 Å². The molecule has 0 bridgehead atoms. The summed E-state index contributed by atoms with van der Waals surface area (Å²) in [6.07, 6.45) is 0.174. The SMILES string of the molecule is Cc1cc(=O)n2c(n1)SCC2CC(=O)Nc1cccc(Cl)c1Cl. The fourth-order valence-corrected chi connectivity index (χ4v) is 3.97. The van der Waals surface area contributed by atoms with Gasteiger partial charge >= 0.3 is 0 Å². The number of carbonyl (C=O) groups is 1. The number of hydrogen-bond donors (Lipinski definition) is 1. The van der Waals surface area contributed by atoms with Crippen molar-refractivity contribution < 1.29 is 4.79 Å². The molecule has 1 N–H and O–H groups in total. The van der Waals surface area contributed by atoms with Crippen molar-refractivity contribution in [3.05, 3.63) is 50.4 Å². The highest BCUT2D eigenvalue weighted by molar-refractivity contribution is 7.99. The third-order valence-corrected chi connectivity index (χ3v) is 5.38. The molecule has 1 amide bonds. The molecule has 3 rings (SSSR count). The largest absolute Gasteiger partial charge is 0.325 e. The van der Waals surface area contributed by atoms with E-state index >= 15 is 0 Å². The second kappa shape index (κ2) is 6.55. The van der Waals surface area contributed by atoms with Gasteiger partial charge in [0.2, 0.25) is 5.91 Å². The average molecular weight is 370 g/mol. The first-order chi connectivity index (χ1) is 11.0. The predicted molar refractivity (Wildman–Crippen MR) is 92.7 cm³/mol. The van der Waals surface area contributed by atoms with Gasteiger partial charge in [-0.25, -0.2) is 4.98 Å². The van der Waals surface area contributed by atoms with Crippen molar-refractivity contribution in [3.63, 3.8) is 0 Å². The number of thioether (sulfide) groups is 1. The fraction of sp³-hybridized carbons (Fsp3) is 0.267. The number of rotatable bonds is 3. The zero-order valence-electron chi connectivity index (χ0n) is 12.2. The van der Waals surface area contributed by atoms with Gasteiger partial charge in [-0.3, -0.25) is 14.2 Å². The van der Waals surface area contributed by atoms with Crippen LogP contribution < -0.4 is 10.9 Å². The Kier molecular flexibility index (Phi) is 4.66. The van der Waals surface area contributed by atoms with E-state index < -0.39 is 0 Å². The molecular formula is C15H13Cl2N3O2S. The van der Waals surface area contributed by atoms with Crippen LogP contribution in [-0.2, 0) is 4.79 Å². The van der Waals surface area contributed by atoms with E-state index in [1.807, 2.05) is 0 Å². The van der Waals surface area contributed by atoms with Gasteiger partial charge in [0.15, 0.2) is 5.16 Å². The minimum absolute atomic E-state index is 0.129. The summed E-state index contributed by atoms with van der Waals surface area (Å²) in [5.74, 6) is 0.419. The minimum atomic E-state index is -0.222. The Morgan fingerprint density at radius 2 is 2.26 bits per heavy atom. The molecule has 1 aliphatic heterocycles. The molecule has 0 saturated carbocycles. The van der Waals surface area contributed by atoms with Crippen LogP contribution in [0.1, 0.15) is 18.2 Å². The first-order valence-corrected chi connectivity index (χ1v) is 8.66. The van der Waals surface area contributed by atoms with Crippen molar-refractivity contribution in [1.29, 1.82) is 0 Å². The number of carbonyl (C=O) groups excluding carboxylic acids is 1. The smallest absolute Gasteiger partial charge is 0.254 e. The van der Waals surface area contributed by atoms with E-state index in [0.717, 1.165) is 0 Å². The van der Waals surface area contributed by atoms with Crippen molar-refractivity contribution in [2.75, 3.05) is 11.1 Å². The van der Waals surface area contributed by atoms with E-state index in [-0.39, 0.29) is 23.9 Å². The maximum Gasteiger partial charge on any atom is 0.254 e. The highest BCUT2D eigenvalue weighted by Gasteiger charge is 2.27. The Balaban J connectivity index is 1.76. The summed E-state index contributed by atoms with van der Waals surface area (Å²) < 4.78 is 1.58. The molecule has 0 radical (unpaired) electrons. The van der Waals surface area contributed by atoms with E-state index in [4.69, 9.17) is 23.2 Å². The summed E-state index contributed by atoms with van der Waals surface area (Å²) in [5, 5.41) is 4.08. The lowest BCUT2D eigenvalue weighted by Crippen LogP contribution is -2.27. The van der Waals surface area contributed by atoms with Crippen LogP contribution in [0, 0.1) is 6.92 Å². The molecule has 0 aliphatic carbocycles. The molecule has 0 saturated heterocycles. The molecule has 1 aromatic carbocycles. The topological polar surface area (TPSA) is 64.0 Å².